The summed E-state index contributed by atoms with van der Waals surface area (Å²) in [5.74, 6) is 0.943. The molecule has 0 spiro atoms. The van der Waals surface area contributed by atoms with Crippen molar-refractivity contribution < 1.29 is 41.6 Å². The number of sulfone groups is 1. The van der Waals surface area contributed by atoms with Gasteiger partial charge in [-0.1, -0.05) is 6.92 Å². The predicted octanol–water partition coefficient (Wildman–Crippen LogP) is 3.84. The van der Waals surface area contributed by atoms with Crippen LogP contribution in [0.1, 0.15) is 56.1 Å². The molecule has 2 N–H and O–H groups in total. The summed E-state index contributed by atoms with van der Waals surface area (Å²) < 4.78 is 60.6. The summed E-state index contributed by atoms with van der Waals surface area (Å²) >= 11 is 0. The van der Waals surface area contributed by atoms with E-state index in [0.717, 1.165) is 11.1 Å². The molecule has 39 heavy (non-hydrogen) atoms. The number of primary amides is 1. The summed E-state index contributed by atoms with van der Waals surface area (Å²) in [5.41, 5.74) is 7.04. The Bertz CT molecular complexity index is 1240. The van der Waals surface area contributed by atoms with E-state index in [2.05, 4.69) is 0 Å². The van der Waals surface area contributed by atoms with Crippen LogP contribution in [-0.4, -0.2) is 67.8 Å². The summed E-state index contributed by atoms with van der Waals surface area (Å²) in [6.45, 7) is 3.60. The lowest BCUT2D eigenvalue weighted by Gasteiger charge is -2.27. The minimum Gasteiger partial charge on any atom is -0.493 e. The van der Waals surface area contributed by atoms with Gasteiger partial charge in [0, 0.05) is 11.8 Å². The van der Waals surface area contributed by atoms with Crippen LogP contribution < -0.4 is 29.4 Å². The molecule has 216 valence electrons. The van der Waals surface area contributed by atoms with E-state index in [1.165, 1.54) is 14.2 Å². The number of hydrogen-bond donors (Lipinski definition) is 1. The Morgan fingerprint density at radius 1 is 0.846 bits per heavy atom. The number of amides is 1. The van der Waals surface area contributed by atoms with Gasteiger partial charge in [0.2, 0.25) is 11.7 Å². The van der Waals surface area contributed by atoms with Crippen molar-refractivity contribution in [2.45, 2.75) is 55.9 Å². The molecule has 1 fully saturated rings. The maximum atomic E-state index is 13.3. The van der Waals surface area contributed by atoms with Crippen molar-refractivity contribution in [1.82, 2.24) is 0 Å². The van der Waals surface area contributed by atoms with E-state index in [4.69, 9.17) is 34.2 Å². The maximum absolute atomic E-state index is 13.3. The van der Waals surface area contributed by atoms with Gasteiger partial charge in [-0.2, -0.15) is 0 Å². The van der Waals surface area contributed by atoms with Gasteiger partial charge in [0.15, 0.2) is 32.8 Å². The molecule has 0 heterocycles. The molecular weight excluding hydrogens is 526 g/mol. The third-order valence-corrected chi connectivity index (χ3v) is 8.82. The topological polar surface area (TPSA) is 133 Å². The van der Waals surface area contributed by atoms with Crippen LogP contribution in [0.3, 0.4) is 0 Å². The Morgan fingerprint density at radius 3 is 1.79 bits per heavy atom. The molecule has 0 saturated heterocycles. The minimum absolute atomic E-state index is 0.0278. The standard InChI is InChI=1S/C28H39NO9S/c1-7-11-39(31,32)24-15-18(14-23(35-5)28(24)37-8-2)20-10-9-19(26(20)38-16-25(29)30)17-12-21(33-3)27(36-6)22(13-17)34-4/h12-15,19-20,26H,7-11,16H2,1-6H3,(H2,29,30)/t19-,20-,26+/m1/s1. The van der Waals surface area contributed by atoms with Gasteiger partial charge in [-0.15, -0.1) is 0 Å². The second kappa shape index (κ2) is 13.3. The first-order chi connectivity index (χ1) is 18.6. The van der Waals surface area contributed by atoms with Gasteiger partial charge in [0.1, 0.15) is 11.5 Å². The molecular formula is C28H39NO9S. The minimum atomic E-state index is -3.65. The second-order valence-corrected chi connectivity index (χ2v) is 11.4. The van der Waals surface area contributed by atoms with Crippen molar-refractivity contribution in [2.75, 3.05) is 47.4 Å². The Hall–Kier alpha value is -3.18. The molecule has 1 amide bonds. The van der Waals surface area contributed by atoms with Gasteiger partial charge in [0.05, 0.1) is 46.9 Å². The zero-order chi connectivity index (χ0) is 28.7. The molecule has 0 aliphatic heterocycles. The summed E-state index contributed by atoms with van der Waals surface area (Å²) in [5, 5.41) is 0. The van der Waals surface area contributed by atoms with E-state index in [-0.39, 0.29) is 41.4 Å². The largest absolute Gasteiger partial charge is 0.493 e. The molecule has 3 rings (SSSR count). The van der Waals surface area contributed by atoms with E-state index in [0.29, 0.717) is 42.3 Å². The van der Waals surface area contributed by atoms with E-state index in [9.17, 15) is 13.2 Å². The van der Waals surface area contributed by atoms with Crippen molar-refractivity contribution in [1.29, 1.82) is 0 Å². The van der Waals surface area contributed by atoms with Crippen LogP contribution in [0.5, 0.6) is 28.7 Å². The van der Waals surface area contributed by atoms with Gasteiger partial charge < -0.3 is 34.2 Å². The number of carbonyl (C=O) groups is 1. The smallest absolute Gasteiger partial charge is 0.243 e. The molecule has 2 aromatic rings. The zero-order valence-corrected chi connectivity index (χ0v) is 24.3. The monoisotopic (exact) mass is 565 g/mol. The fraction of sp³-hybridized carbons (Fsp3) is 0.536. The van der Waals surface area contributed by atoms with E-state index < -0.39 is 21.8 Å². The Balaban J connectivity index is 2.16. The number of hydrogen-bond acceptors (Lipinski definition) is 9. The van der Waals surface area contributed by atoms with Crippen molar-refractivity contribution in [3.63, 3.8) is 0 Å². The lowest BCUT2D eigenvalue weighted by molar-refractivity contribution is -0.125. The van der Waals surface area contributed by atoms with Gasteiger partial charge in [0.25, 0.3) is 0 Å². The number of methoxy groups -OCH3 is 4. The molecule has 10 nitrogen and oxygen atoms in total. The number of rotatable bonds is 14. The highest BCUT2D eigenvalue weighted by Gasteiger charge is 2.41. The average molecular weight is 566 g/mol. The van der Waals surface area contributed by atoms with Gasteiger partial charge in [-0.25, -0.2) is 8.42 Å². The van der Waals surface area contributed by atoms with Crippen LogP contribution in [0.15, 0.2) is 29.2 Å². The summed E-state index contributed by atoms with van der Waals surface area (Å²) in [6.07, 6.45) is 1.32. The summed E-state index contributed by atoms with van der Waals surface area (Å²) in [6, 6.07) is 7.18. The third kappa shape index (κ3) is 6.52. The fourth-order valence-corrected chi connectivity index (χ4v) is 6.78. The Labute approximate surface area is 230 Å². The molecule has 0 aromatic heterocycles. The highest BCUT2D eigenvalue weighted by molar-refractivity contribution is 7.91. The average Bonchev–Trinajstić information content (AvgIpc) is 3.34. The molecule has 1 aliphatic rings. The number of carbonyl (C=O) groups excluding carboxylic acids is 1. The predicted molar refractivity (Wildman–Crippen MR) is 146 cm³/mol. The van der Waals surface area contributed by atoms with Crippen molar-refractivity contribution in [3.05, 3.63) is 35.4 Å². The first kappa shape index (κ1) is 30.4. The lowest BCUT2D eigenvalue weighted by atomic mass is 9.89. The first-order valence-corrected chi connectivity index (χ1v) is 14.6. The van der Waals surface area contributed by atoms with Crippen LogP contribution in [0.2, 0.25) is 0 Å². The molecule has 2 aromatic carbocycles. The van der Waals surface area contributed by atoms with Crippen molar-refractivity contribution in [2.24, 2.45) is 5.73 Å². The number of ether oxygens (including phenoxy) is 6. The molecule has 0 radical (unpaired) electrons. The normalized spacial score (nSPS) is 19.0. The van der Waals surface area contributed by atoms with E-state index >= 15 is 0 Å². The van der Waals surface area contributed by atoms with Gasteiger partial charge >= 0.3 is 0 Å². The van der Waals surface area contributed by atoms with Crippen LogP contribution in [0.4, 0.5) is 0 Å². The van der Waals surface area contributed by atoms with Gasteiger partial charge in [-0.3, -0.25) is 4.79 Å². The van der Waals surface area contributed by atoms with Crippen molar-refractivity contribution in [3.8, 4) is 28.7 Å². The second-order valence-electron chi connectivity index (χ2n) is 9.29. The summed E-state index contributed by atoms with van der Waals surface area (Å²) in [7, 11) is 2.46. The maximum Gasteiger partial charge on any atom is 0.243 e. The highest BCUT2D eigenvalue weighted by Crippen LogP contribution is 2.51. The fourth-order valence-electron chi connectivity index (χ4n) is 5.27. The van der Waals surface area contributed by atoms with Crippen LogP contribution in [-0.2, 0) is 19.4 Å². The Kier molecular flexibility index (Phi) is 10.3. The zero-order valence-electron chi connectivity index (χ0n) is 23.4. The molecule has 0 unspecified atom stereocenters. The van der Waals surface area contributed by atoms with Crippen LogP contribution >= 0.6 is 0 Å². The van der Waals surface area contributed by atoms with E-state index in [1.807, 2.05) is 19.1 Å². The van der Waals surface area contributed by atoms with E-state index in [1.54, 1.807) is 33.3 Å². The highest BCUT2D eigenvalue weighted by atomic mass is 32.2. The SMILES string of the molecule is CCCS(=O)(=O)c1cc([C@H]2CC[C@H](c3cc(OC)c(OC)c(OC)c3)[C@@H]2OCC(N)=O)cc(OC)c1OCC. The number of benzene rings is 2. The molecule has 1 saturated carbocycles. The quantitative estimate of drug-likeness (QED) is 0.363. The third-order valence-electron chi connectivity index (χ3n) is 6.90. The van der Waals surface area contributed by atoms with Crippen LogP contribution in [0.25, 0.3) is 0 Å². The lowest BCUT2D eigenvalue weighted by Crippen LogP contribution is -2.29. The van der Waals surface area contributed by atoms with Crippen LogP contribution in [0, 0.1) is 0 Å². The van der Waals surface area contributed by atoms with Crippen molar-refractivity contribution >= 4 is 15.7 Å². The molecule has 11 heteroatoms. The summed E-state index contributed by atoms with van der Waals surface area (Å²) in [4.78, 5) is 11.8. The molecule has 0 bridgehead atoms. The first-order valence-electron chi connectivity index (χ1n) is 12.9. The molecule has 1 aliphatic carbocycles. The molecule has 3 atom stereocenters. The number of nitrogens with two attached hydrogens (primary N) is 1. The Morgan fingerprint density at radius 2 is 1.36 bits per heavy atom. The van der Waals surface area contributed by atoms with Gasteiger partial charge in [-0.05, 0) is 61.6 Å².